The van der Waals surface area contributed by atoms with E-state index in [4.69, 9.17) is 19.4 Å². The number of pyridine rings is 2. The van der Waals surface area contributed by atoms with Crippen LogP contribution in [0, 0.1) is 23.5 Å². The average molecular weight is 1140 g/mol. The fraction of sp³-hybridized carbons (Fsp3) is 0.308. The van der Waals surface area contributed by atoms with Gasteiger partial charge in [0.05, 0.1) is 30.5 Å². The Morgan fingerprint density at radius 2 is 1.42 bits per heavy atom. The van der Waals surface area contributed by atoms with E-state index in [1.54, 1.807) is 10.8 Å². The summed E-state index contributed by atoms with van der Waals surface area (Å²) in [6, 6.07) is 54.2. The fourth-order valence-corrected chi connectivity index (χ4v) is 12.5. The zero-order valence-electron chi connectivity index (χ0n) is 43.8. The van der Waals surface area contributed by atoms with E-state index in [1.807, 2.05) is 18.2 Å². The van der Waals surface area contributed by atoms with Crippen LogP contribution >= 0.6 is 0 Å². The van der Waals surface area contributed by atoms with Gasteiger partial charge in [0, 0.05) is 48.5 Å². The van der Waals surface area contributed by atoms with Crippen molar-refractivity contribution < 1.29 is 24.5 Å². The SMILES string of the molecule is CC(C)c1cc(-c2ccccc2)cc(C(C)C)c1-n1c(-c2[c-]ccc3c2oc2nc(CC(C)(C)C)ccc23)nc2ccc3ccccc3c21.C[Si](C)(C)c1cnc(-c2[c-]cccc2)cc1CC1CCCC1.[Ir]. The molecule has 4 heterocycles. The van der Waals surface area contributed by atoms with Gasteiger partial charge in [-0.2, -0.15) is 0 Å². The van der Waals surface area contributed by atoms with Gasteiger partial charge in [-0.25, -0.2) is 4.98 Å². The average Bonchev–Trinajstić information content (AvgIpc) is 4.11. The molecule has 1 aliphatic rings. The molecule has 0 saturated heterocycles. The Labute approximate surface area is 441 Å². The molecule has 1 saturated carbocycles. The van der Waals surface area contributed by atoms with Crippen LogP contribution in [0.4, 0.5) is 0 Å². The van der Waals surface area contributed by atoms with Crippen molar-refractivity contribution in [2.45, 2.75) is 118 Å². The molecule has 0 N–H and O–H groups in total. The molecule has 0 aliphatic heterocycles. The number of imidazole rings is 1. The van der Waals surface area contributed by atoms with Crippen LogP contribution in [0.15, 0.2) is 144 Å². The van der Waals surface area contributed by atoms with Crippen molar-refractivity contribution in [3.8, 4) is 39.5 Å². The largest absolute Gasteiger partial charge is 0.486 e. The van der Waals surface area contributed by atoms with Gasteiger partial charge in [0.2, 0.25) is 5.71 Å². The second-order valence-electron chi connectivity index (χ2n) is 22.8. The van der Waals surface area contributed by atoms with Gasteiger partial charge in [0.25, 0.3) is 0 Å². The van der Waals surface area contributed by atoms with Crippen LogP contribution in [0.2, 0.25) is 19.6 Å². The first-order valence-electron chi connectivity index (χ1n) is 25.9. The van der Waals surface area contributed by atoms with Crippen LogP contribution in [0.3, 0.4) is 0 Å². The van der Waals surface area contributed by atoms with Gasteiger partial charge >= 0.3 is 0 Å². The first-order chi connectivity index (χ1) is 34.1. The van der Waals surface area contributed by atoms with Crippen molar-refractivity contribution in [2.75, 3.05) is 0 Å². The molecule has 1 aliphatic carbocycles. The van der Waals surface area contributed by atoms with Crippen LogP contribution in [0.5, 0.6) is 0 Å². The minimum atomic E-state index is -1.35. The molecule has 72 heavy (non-hydrogen) atoms. The molecule has 0 amide bonds. The summed E-state index contributed by atoms with van der Waals surface area (Å²) in [6.07, 6.45) is 9.90. The van der Waals surface area contributed by atoms with E-state index in [0.29, 0.717) is 5.71 Å². The van der Waals surface area contributed by atoms with E-state index < -0.39 is 8.07 Å². The minimum Gasteiger partial charge on any atom is -0.486 e. The molecule has 0 spiro atoms. The Kier molecular flexibility index (Phi) is 14.8. The van der Waals surface area contributed by atoms with E-state index in [9.17, 15) is 0 Å². The molecule has 0 bridgehead atoms. The Hall–Kier alpha value is -5.98. The van der Waals surface area contributed by atoms with Crippen molar-refractivity contribution in [1.82, 2.24) is 19.5 Å². The van der Waals surface area contributed by atoms with Crippen LogP contribution in [-0.2, 0) is 32.9 Å². The van der Waals surface area contributed by atoms with Gasteiger partial charge in [-0.1, -0.05) is 177 Å². The molecule has 0 unspecified atom stereocenters. The Balaban J connectivity index is 0.000000233. The van der Waals surface area contributed by atoms with E-state index in [0.717, 1.165) is 68.1 Å². The smallest absolute Gasteiger partial charge is 0.216 e. The second kappa shape index (κ2) is 20.9. The van der Waals surface area contributed by atoms with Gasteiger partial charge in [-0.3, -0.25) is 4.98 Å². The molecule has 0 atom stereocenters. The van der Waals surface area contributed by atoms with Gasteiger partial charge in [0.1, 0.15) is 0 Å². The number of nitrogens with zero attached hydrogens (tertiary/aromatic N) is 4. The molecule has 11 rings (SSSR count). The Morgan fingerprint density at radius 1 is 0.708 bits per heavy atom. The standard InChI is InChI=1S/C45H42N3O.C20H26NSi.Ir/c1-27(2)37-24-31(29-14-9-8-10-15-29)25-38(28(3)4)40(37)48-41-33-17-12-11-16-30(33)20-23-39(41)47-43(48)36-19-13-18-34-35-22-21-32(26-45(5,6)7)46-44(35)49-42(34)36;1-22(2,3)20-15-21-19(17-11-5-4-6-12-17)14-18(20)13-16-9-7-8-10-16;/h8-18,20-25,27-28H,26H2,1-7H3;4-6,11,14-16H,7-10,13H2,1-3H3;/q2*-1;. The number of rotatable bonds is 10. The van der Waals surface area contributed by atoms with Crippen LogP contribution in [-0.4, -0.2) is 27.6 Å². The third kappa shape index (κ3) is 10.4. The maximum Gasteiger partial charge on any atom is 0.216 e. The molecule has 1 radical (unpaired) electrons. The Bertz CT molecular complexity index is 3490. The predicted molar refractivity (Wildman–Crippen MR) is 302 cm³/mol. The predicted octanol–water partition coefficient (Wildman–Crippen LogP) is 17.3. The van der Waals surface area contributed by atoms with Gasteiger partial charge < -0.3 is 14.0 Å². The summed E-state index contributed by atoms with van der Waals surface area (Å²) < 4.78 is 9.11. The summed E-state index contributed by atoms with van der Waals surface area (Å²) in [5, 5.41) is 5.92. The molecule has 6 aromatic carbocycles. The summed E-state index contributed by atoms with van der Waals surface area (Å²) in [7, 11) is -1.35. The zero-order chi connectivity index (χ0) is 49.6. The molecule has 10 aromatic rings. The molecular formula is C65H68IrN4OSi-2. The van der Waals surface area contributed by atoms with Crippen molar-refractivity contribution in [3.63, 3.8) is 0 Å². The van der Waals surface area contributed by atoms with Crippen molar-refractivity contribution in [1.29, 1.82) is 0 Å². The zero-order valence-corrected chi connectivity index (χ0v) is 47.2. The summed E-state index contributed by atoms with van der Waals surface area (Å²) in [4.78, 5) is 15.2. The first kappa shape index (κ1) is 50.9. The molecule has 7 heteroatoms. The normalized spacial score (nSPS) is 13.4. The monoisotopic (exact) mass is 1140 g/mol. The van der Waals surface area contributed by atoms with Gasteiger partial charge in [-0.15, -0.1) is 54.1 Å². The van der Waals surface area contributed by atoms with Gasteiger partial charge in [0.15, 0.2) is 0 Å². The number of hydrogen-bond acceptors (Lipinski definition) is 4. The third-order valence-corrected chi connectivity index (χ3v) is 16.4. The van der Waals surface area contributed by atoms with E-state index in [1.165, 1.54) is 70.8 Å². The maximum atomic E-state index is 6.70. The van der Waals surface area contributed by atoms with Crippen molar-refractivity contribution in [2.24, 2.45) is 11.3 Å². The summed E-state index contributed by atoms with van der Waals surface area (Å²) in [6.45, 7) is 23.2. The number of hydrogen-bond donors (Lipinski definition) is 0. The van der Waals surface area contributed by atoms with Crippen LogP contribution in [0.1, 0.15) is 108 Å². The number of furan rings is 1. The topological polar surface area (TPSA) is 56.7 Å². The van der Waals surface area contributed by atoms with Crippen molar-refractivity contribution >= 4 is 57.1 Å². The van der Waals surface area contributed by atoms with E-state index >= 15 is 0 Å². The molecule has 5 nitrogen and oxygen atoms in total. The van der Waals surface area contributed by atoms with E-state index in [-0.39, 0.29) is 37.4 Å². The quantitative estimate of drug-likeness (QED) is 0.101. The summed E-state index contributed by atoms with van der Waals surface area (Å²) in [5.74, 6) is 2.22. The molecule has 1 fully saturated rings. The van der Waals surface area contributed by atoms with Crippen molar-refractivity contribution in [3.05, 3.63) is 174 Å². The van der Waals surface area contributed by atoms with Gasteiger partial charge in [-0.05, 0) is 105 Å². The maximum absolute atomic E-state index is 6.70. The number of aromatic nitrogens is 4. The number of fused-ring (bicyclic) bond motifs is 6. The minimum absolute atomic E-state index is 0. The first-order valence-corrected chi connectivity index (χ1v) is 29.4. The summed E-state index contributed by atoms with van der Waals surface area (Å²) in [5.41, 5.74) is 15.4. The molecule has 369 valence electrons. The summed E-state index contributed by atoms with van der Waals surface area (Å²) >= 11 is 0. The second-order valence-corrected chi connectivity index (χ2v) is 27.8. The fourth-order valence-electron chi connectivity index (χ4n) is 10.9. The van der Waals surface area contributed by atoms with E-state index in [2.05, 4.69) is 206 Å². The molecule has 4 aromatic heterocycles. The van der Waals surface area contributed by atoms with Crippen LogP contribution < -0.4 is 5.19 Å². The Morgan fingerprint density at radius 3 is 2.10 bits per heavy atom. The third-order valence-electron chi connectivity index (χ3n) is 14.3. The van der Waals surface area contributed by atoms with Crippen LogP contribution in [0.25, 0.3) is 83.3 Å². The molecular weight excluding hydrogens is 1070 g/mol. The number of benzene rings is 6.